The first kappa shape index (κ1) is 15.0. The van der Waals surface area contributed by atoms with Crippen LogP contribution in [-0.4, -0.2) is 19.7 Å². The Hall–Kier alpha value is -2.53. The predicted octanol–water partition coefficient (Wildman–Crippen LogP) is 3.04. The smallest absolute Gasteiger partial charge is 0.159 e. The summed E-state index contributed by atoms with van der Waals surface area (Å²) in [6.07, 6.45) is 9.31. The van der Waals surface area contributed by atoms with Crippen molar-refractivity contribution in [1.82, 2.24) is 25.1 Å². The van der Waals surface area contributed by atoms with Crippen molar-refractivity contribution >= 4 is 0 Å². The minimum absolute atomic E-state index is 0.372. The lowest BCUT2D eigenvalue weighted by Gasteiger charge is -2.23. The molecule has 24 heavy (non-hydrogen) atoms. The topological polar surface area (TPSA) is 55.6 Å². The van der Waals surface area contributed by atoms with Crippen molar-refractivity contribution in [3.63, 3.8) is 0 Å². The van der Waals surface area contributed by atoms with Crippen molar-refractivity contribution < 1.29 is 0 Å². The molecule has 2 heterocycles. The molecule has 0 amide bonds. The van der Waals surface area contributed by atoms with Crippen molar-refractivity contribution in [2.45, 2.75) is 31.8 Å². The van der Waals surface area contributed by atoms with Crippen molar-refractivity contribution in [3.8, 4) is 11.4 Å². The molecule has 0 spiro atoms. The Bertz CT molecular complexity index is 808. The summed E-state index contributed by atoms with van der Waals surface area (Å²) >= 11 is 0. The van der Waals surface area contributed by atoms with E-state index in [-0.39, 0.29) is 0 Å². The second-order valence-corrected chi connectivity index (χ2v) is 6.28. The van der Waals surface area contributed by atoms with Crippen LogP contribution in [0.5, 0.6) is 0 Å². The van der Waals surface area contributed by atoms with Gasteiger partial charge in [-0.2, -0.15) is 5.10 Å². The number of nitrogens with one attached hydrogen (secondary N) is 1. The number of nitrogens with zero attached hydrogens (tertiary/aromatic N) is 4. The molecule has 2 aromatic heterocycles. The SMILES string of the molecule is Cn1ncc2c1CCCC2NCc1cnc(-c2ccccc2)nc1. The molecule has 1 N–H and O–H groups in total. The van der Waals surface area contributed by atoms with E-state index >= 15 is 0 Å². The first-order valence-electron chi connectivity index (χ1n) is 8.42. The Balaban J connectivity index is 1.44. The number of benzene rings is 1. The Labute approximate surface area is 141 Å². The summed E-state index contributed by atoms with van der Waals surface area (Å²) in [6.45, 7) is 0.772. The summed E-state index contributed by atoms with van der Waals surface area (Å²) in [4.78, 5) is 8.99. The molecule has 1 aliphatic rings. The highest BCUT2D eigenvalue weighted by Gasteiger charge is 2.22. The lowest BCUT2D eigenvalue weighted by Crippen LogP contribution is -2.25. The van der Waals surface area contributed by atoms with Gasteiger partial charge in [0, 0.05) is 54.4 Å². The van der Waals surface area contributed by atoms with E-state index in [1.165, 1.54) is 17.7 Å². The van der Waals surface area contributed by atoms with E-state index in [1.54, 1.807) is 0 Å². The number of hydrogen-bond donors (Lipinski definition) is 1. The van der Waals surface area contributed by atoms with Gasteiger partial charge in [0.25, 0.3) is 0 Å². The summed E-state index contributed by atoms with van der Waals surface area (Å²) in [5.74, 6) is 0.770. The summed E-state index contributed by atoms with van der Waals surface area (Å²) in [7, 11) is 2.03. The van der Waals surface area contributed by atoms with Gasteiger partial charge in [-0.25, -0.2) is 9.97 Å². The average molecular weight is 319 g/mol. The Morgan fingerprint density at radius 2 is 1.92 bits per heavy atom. The highest BCUT2D eigenvalue weighted by Crippen LogP contribution is 2.29. The van der Waals surface area contributed by atoms with Crippen molar-refractivity contribution in [2.24, 2.45) is 7.05 Å². The molecule has 5 heteroatoms. The van der Waals surface area contributed by atoms with Gasteiger partial charge in [-0.05, 0) is 19.3 Å². The third kappa shape index (κ3) is 2.95. The van der Waals surface area contributed by atoms with E-state index in [0.29, 0.717) is 6.04 Å². The number of fused-ring (bicyclic) bond motifs is 1. The molecular weight excluding hydrogens is 298 g/mol. The van der Waals surface area contributed by atoms with Crippen LogP contribution >= 0.6 is 0 Å². The molecule has 5 nitrogen and oxygen atoms in total. The molecule has 1 unspecified atom stereocenters. The van der Waals surface area contributed by atoms with Gasteiger partial charge in [-0.1, -0.05) is 30.3 Å². The maximum Gasteiger partial charge on any atom is 0.159 e. The van der Waals surface area contributed by atoms with Gasteiger partial charge in [0.1, 0.15) is 0 Å². The normalized spacial score (nSPS) is 16.8. The molecule has 0 radical (unpaired) electrons. The molecule has 1 aliphatic carbocycles. The second-order valence-electron chi connectivity index (χ2n) is 6.28. The fourth-order valence-electron chi connectivity index (χ4n) is 3.34. The van der Waals surface area contributed by atoms with E-state index in [1.807, 2.05) is 60.7 Å². The zero-order valence-electron chi connectivity index (χ0n) is 13.8. The molecule has 3 aromatic rings. The van der Waals surface area contributed by atoms with Gasteiger partial charge in [-0.15, -0.1) is 0 Å². The zero-order chi connectivity index (χ0) is 16.4. The van der Waals surface area contributed by atoms with Crippen LogP contribution in [0.4, 0.5) is 0 Å². The van der Waals surface area contributed by atoms with E-state index in [4.69, 9.17) is 0 Å². The van der Waals surface area contributed by atoms with Crippen molar-refractivity contribution in [2.75, 3.05) is 0 Å². The summed E-state index contributed by atoms with van der Waals surface area (Å²) in [6, 6.07) is 10.4. The maximum absolute atomic E-state index is 4.49. The first-order valence-corrected chi connectivity index (χ1v) is 8.42. The van der Waals surface area contributed by atoms with Gasteiger partial charge < -0.3 is 5.32 Å². The minimum Gasteiger partial charge on any atom is -0.306 e. The third-order valence-electron chi connectivity index (χ3n) is 4.67. The molecular formula is C19H21N5. The van der Waals surface area contributed by atoms with Crippen LogP contribution in [0.1, 0.15) is 35.7 Å². The summed E-state index contributed by atoms with van der Waals surface area (Å²) in [5.41, 5.74) is 4.84. The predicted molar refractivity (Wildman–Crippen MR) is 93.2 cm³/mol. The Morgan fingerprint density at radius 1 is 1.12 bits per heavy atom. The summed E-state index contributed by atoms with van der Waals surface area (Å²) in [5, 5.41) is 8.03. The lowest BCUT2D eigenvalue weighted by atomic mass is 9.93. The number of aryl methyl sites for hydroxylation is 1. The van der Waals surface area contributed by atoms with Gasteiger partial charge >= 0.3 is 0 Å². The largest absolute Gasteiger partial charge is 0.306 e. The van der Waals surface area contributed by atoms with Crippen LogP contribution in [0.2, 0.25) is 0 Å². The third-order valence-corrected chi connectivity index (χ3v) is 4.67. The van der Waals surface area contributed by atoms with Crippen LogP contribution in [0.15, 0.2) is 48.9 Å². The monoisotopic (exact) mass is 319 g/mol. The lowest BCUT2D eigenvalue weighted by molar-refractivity contribution is 0.451. The summed E-state index contributed by atoms with van der Waals surface area (Å²) < 4.78 is 2.00. The Kier molecular flexibility index (Phi) is 4.09. The molecule has 0 saturated carbocycles. The van der Waals surface area contributed by atoms with Crippen LogP contribution in [-0.2, 0) is 20.0 Å². The Morgan fingerprint density at radius 3 is 2.71 bits per heavy atom. The quantitative estimate of drug-likeness (QED) is 0.803. The molecule has 0 bridgehead atoms. The highest BCUT2D eigenvalue weighted by molar-refractivity contribution is 5.53. The molecule has 1 aromatic carbocycles. The number of rotatable bonds is 4. The van der Waals surface area contributed by atoms with Crippen LogP contribution in [0.3, 0.4) is 0 Å². The first-order chi connectivity index (χ1) is 11.8. The van der Waals surface area contributed by atoms with Crippen LogP contribution in [0, 0.1) is 0 Å². The van der Waals surface area contributed by atoms with Crippen LogP contribution < -0.4 is 5.32 Å². The molecule has 0 aliphatic heterocycles. The highest BCUT2D eigenvalue weighted by atomic mass is 15.3. The molecule has 122 valence electrons. The van der Waals surface area contributed by atoms with Gasteiger partial charge in [0.05, 0.1) is 6.20 Å². The average Bonchev–Trinajstić information content (AvgIpc) is 3.03. The fraction of sp³-hybridized carbons (Fsp3) is 0.316. The molecule has 1 atom stereocenters. The molecule has 0 saturated heterocycles. The van der Waals surface area contributed by atoms with Gasteiger partial charge in [-0.3, -0.25) is 4.68 Å². The zero-order valence-corrected chi connectivity index (χ0v) is 13.8. The van der Waals surface area contributed by atoms with E-state index in [2.05, 4.69) is 20.4 Å². The minimum atomic E-state index is 0.372. The van der Waals surface area contributed by atoms with Gasteiger partial charge in [0.2, 0.25) is 0 Å². The number of aromatic nitrogens is 4. The maximum atomic E-state index is 4.49. The van der Waals surface area contributed by atoms with Gasteiger partial charge in [0.15, 0.2) is 5.82 Å². The van der Waals surface area contributed by atoms with Crippen LogP contribution in [0.25, 0.3) is 11.4 Å². The number of hydrogen-bond acceptors (Lipinski definition) is 4. The van der Waals surface area contributed by atoms with Crippen molar-refractivity contribution in [3.05, 3.63) is 65.7 Å². The van der Waals surface area contributed by atoms with E-state index < -0.39 is 0 Å². The second kappa shape index (κ2) is 6.53. The molecule has 0 fully saturated rings. The molecule has 4 rings (SSSR count). The fourth-order valence-corrected chi connectivity index (χ4v) is 3.34. The van der Waals surface area contributed by atoms with E-state index in [0.717, 1.165) is 36.3 Å². The standard InChI is InChI=1S/C19H21N5/c1-24-18-9-5-8-17(16(18)13-23-24)20-10-14-11-21-19(22-12-14)15-6-3-2-4-7-15/h2-4,6-7,11-13,17,20H,5,8-10H2,1H3. The van der Waals surface area contributed by atoms with Crippen molar-refractivity contribution in [1.29, 1.82) is 0 Å². The van der Waals surface area contributed by atoms with E-state index in [9.17, 15) is 0 Å².